The Bertz CT molecular complexity index is 827. The van der Waals surface area contributed by atoms with Crippen molar-refractivity contribution < 1.29 is 0 Å². The highest BCUT2D eigenvalue weighted by atomic mass is 79.9. The number of aromatic nitrogens is 2. The van der Waals surface area contributed by atoms with Crippen molar-refractivity contribution in [3.63, 3.8) is 0 Å². The maximum atomic E-state index is 8.99. The highest BCUT2D eigenvalue weighted by Crippen LogP contribution is 2.27. The second kappa shape index (κ2) is 5.10. The molecule has 0 fully saturated rings. The fraction of sp³-hybridized carbons (Fsp3) is 0.125. The number of hydrogen-bond acceptors (Lipinski definition) is 2. The van der Waals surface area contributed by atoms with Crippen molar-refractivity contribution in [2.24, 2.45) is 0 Å². The average molecular weight is 326 g/mol. The quantitative estimate of drug-likeness (QED) is 0.702. The molecule has 20 heavy (non-hydrogen) atoms. The van der Waals surface area contributed by atoms with Crippen LogP contribution in [-0.4, -0.2) is 9.55 Å². The lowest BCUT2D eigenvalue weighted by molar-refractivity contribution is 0.796. The molecule has 0 bridgehead atoms. The molecule has 0 aliphatic carbocycles. The van der Waals surface area contributed by atoms with E-state index in [0.717, 1.165) is 33.4 Å². The molecule has 1 heterocycles. The topological polar surface area (TPSA) is 41.6 Å². The van der Waals surface area contributed by atoms with Crippen molar-refractivity contribution in [2.75, 3.05) is 0 Å². The molecule has 0 unspecified atom stereocenters. The minimum absolute atomic E-state index is 0.638. The van der Waals surface area contributed by atoms with Gasteiger partial charge >= 0.3 is 0 Å². The van der Waals surface area contributed by atoms with Gasteiger partial charge in [0.25, 0.3) is 0 Å². The zero-order valence-corrected chi connectivity index (χ0v) is 12.6. The fourth-order valence-electron chi connectivity index (χ4n) is 2.37. The number of benzene rings is 2. The van der Waals surface area contributed by atoms with Crippen LogP contribution in [0.4, 0.5) is 0 Å². The number of nitriles is 1. The fourth-order valence-corrected chi connectivity index (χ4v) is 2.77. The summed E-state index contributed by atoms with van der Waals surface area (Å²) in [7, 11) is 0. The van der Waals surface area contributed by atoms with Gasteiger partial charge < -0.3 is 4.57 Å². The Kier molecular flexibility index (Phi) is 3.29. The number of rotatable bonds is 2. The van der Waals surface area contributed by atoms with E-state index in [1.165, 1.54) is 0 Å². The first-order valence-electron chi connectivity index (χ1n) is 6.39. The Labute approximate surface area is 125 Å². The molecule has 98 valence electrons. The van der Waals surface area contributed by atoms with Crippen LogP contribution in [0.25, 0.3) is 22.4 Å². The lowest BCUT2D eigenvalue weighted by Crippen LogP contribution is -1.97. The van der Waals surface area contributed by atoms with Gasteiger partial charge in [-0.25, -0.2) is 4.98 Å². The molecule has 0 saturated carbocycles. The largest absolute Gasteiger partial charge is 0.324 e. The smallest absolute Gasteiger partial charge is 0.141 e. The number of imidazole rings is 1. The van der Waals surface area contributed by atoms with Crippen LogP contribution in [0.1, 0.15) is 12.5 Å². The molecule has 0 N–H and O–H groups in total. The summed E-state index contributed by atoms with van der Waals surface area (Å²) >= 11 is 3.49. The lowest BCUT2D eigenvalue weighted by Gasteiger charge is -2.06. The lowest BCUT2D eigenvalue weighted by atomic mass is 10.2. The summed E-state index contributed by atoms with van der Waals surface area (Å²) in [6.07, 6.45) is 0. The standard InChI is InChI=1S/C16H12BrN3/c1-2-20-15-7-6-11(10-18)8-14(15)19-16(20)12-4-3-5-13(17)9-12/h3-9H,2H2,1H3. The second-order valence-electron chi connectivity index (χ2n) is 4.51. The summed E-state index contributed by atoms with van der Waals surface area (Å²) in [5, 5.41) is 8.99. The van der Waals surface area contributed by atoms with E-state index in [1.807, 2.05) is 36.4 Å². The van der Waals surface area contributed by atoms with Crippen LogP contribution in [0.3, 0.4) is 0 Å². The van der Waals surface area contributed by atoms with E-state index in [4.69, 9.17) is 10.2 Å². The Morgan fingerprint density at radius 1 is 1.25 bits per heavy atom. The van der Waals surface area contributed by atoms with E-state index in [1.54, 1.807) is 0 Å². The Hall–Kier alpha value is -2.12. The van der Waals surface area contributed by atoms with E-state index in [0.29, 0.717) is 5.56 Å². The molecule has 3 rings (SSSR count). The summed E-state index contributed by atoms with van der Waals surface area (Å²) in [5.41, 5.74) is 3.62. The highest BCUT2D eigenvalue weighted by Gasteiger charge is 2.12. The molecule has 0 atom stereocenters. The first-order chi connectivity index (χ1) is 9.72. The van der Waals surface area contributed by atoms with Crippen molar-refractivity contribution in [3.05, 3.63) is 52.5 Å². The van der Waals surface area contributed by atoms with Crippen LogP contribution in [0.2, 0.25) is 0 Å². The van der Waals surface area contributed by atoms with Crippen LogP contribution in [0.5, 0.6) is 0 Å². The van der Waals surface area contributed by atoms with E-state index in [9.17, 15) is 0 Å². The molecule has 3 aromatic rings. The van der Waals surface area contributed by atoms with Gasteiger partial charge in [0.2, 0.25) is 0 Å². The molecule has 3 nitrogen and oxygen atoms in total. The molecule has 0 amide bonds. The normalized spacial score (nSPS) is 10.7. The van der Waals surface area contributed by atoms with Gasteiger partial charge in [-0.05, 0) is 37.3 Å². The van der Waals surface area contributed by atoms with Crippen molar-refractivity contribution in [2.45, 2.75) is 13.5 Å². The van der Waals surface area contributed by atoms with Crippen LogP contribution in [0.15, 0.2) is 46.9 Å². The molecule has 1 aromatic heterocycles. The molecule has 0 aliphatic rings. The van der Waals surface area contributed by atoms with Gasteiger partial charge in [0.1, 0.15) is 5.82 Å². The highest BCUT2D eigenvalue weighted by molar-refractivity contribution is 9.10. The molecular formula is C16H12BrN3. The van der Waals surface area contributed by atoms with Crippen LogP contribution < -0.4 is 0 Å². The Morgan fingerprint density at radius 3 is 2.80 bits per heavy atom. The molecule has 0 saturated heterocycles. The minimum Gasteiger partial charge on any atom is -0.324 e. The van der Waals surface area contributed by atoms with Crippen LogP contribution >= 0.6 is 15.9 Å². The minimum atomic E-state index is 0.638. The molecule has 4 heteroatoms. The summed E-state index contributed by atoms with van der Waals surface area (Å²) in [4.78, 5) is 4.69. The van der Waals surface area contributed by atoms with Gasteiger partial charge in [-0.2, -0.15) is 5.26 Å². The number of fused-ring (bicyclic) bond motifs is 1. The molecular weight excluding hydrogens is 314 g/mol. The molecule has 0 aliphatic heterocycles. The summed E-state index contributed by atoms with van der Waals surface area (Å²) in [6, 6.07) is 15.9. The SMILES string of the molecule is CCn1c(-c2cccc(Br)c2)nc2cc(C#N)ccc21. The first kappa shape index (κ1) is 12.9. The third-order valence-corrected chi connectivity index (χ3v) is 3.77. The van der Waals surface area contributed by atoms with Crippen molar-refractivity contribution >= 4 is 27.0 Å². The summed E-state index contributed by atoms with van der Waals surface area (Å²) in [5.74, 6) is 0.930. The molecule has 2 aromatic carbocycles. The number of aryl methyl sites for hydroxylation is 1. The first-order valence-corrected chi connectivity index (χ1v) is 7.18. The second-order valence-corrected chi connectivity index (χ2v) is 5.42. The van der Waals surface area contributed by atoms with Crippen molar-refractivity contribution in [3.8, 4) is 17.5 Å². The van der Waals surface area contributed by atoms with Gasteiger partial charge in [0, 0.05) is 16.6 Å². The summed E-state index contributed by atoms with van der Waals surface area (Å²) < 4.78 is 3.19. The van der Waals surface area contributed by atoms with E-state index >= 15 is 0 Å². The Balaban J connectivity index is 2.28. The molecule has 0 radical (unpaired) electrons. The average Bonchev–Trinajstić information content (AvgIpc) is 2.84. The predicted molar refractivity (Wildman–Crippen MR) is 83.3 cm³/mol. The summed E-state index contributed by atoms with van der Waals surface area (Å²) in [6.45, 7) is 2.94. The van der Waals surface area contributed by atoms with E-state index in [2.05, 4.69) is 39.6 Å². The molecule has 0 spiro atoms. The zero-order valence-electron chi connectivity index (χ0n) is 11.0. The Morgan fingerprint density at radius 2 is 2.10 bits per heavy atom. The van der Waals surface area contributed by atoms with Gasteiger partial charge in [-0.3, -0.25) is 0 Å². The third kappa shape index (κ3) is 2.10. The van der Waals surface area contributed by atoms with Crippen molar-refractivity contribution in [1.82, 2.24) is 9.55 Å². The van der Waals surface area contributed by atoms with Gasteiger partial charge in [-0.15, -0.1) is 0 Å². The number of nitrogens with zero attached hydrogens (tertiary/aromatic N) is 3. The van der Waals surface area contributed by atoms with Crippen LogP contribution in [-0.2, 0) is 6.54 Å². The van der Waals surface area contributed by atoms with Gasteiger partial charge in [0.15, 0.2) is 0 Å². The van der Waals surface area contributed by atoms with E-state index in [-0.39, 0.29) is 0 Å². The van der Waals surface area contributed by atoms with Crippen LogP contribution in [0, 0.1) is 11.3 Å². The maximum Gasteiger partial charge on any atom is 0.141 e. The van der Waals surface area contributed by atoms with Gasteiger partial charge in [-0.1, -0.05) is 28.1 Å². The monoisotopic (exact) mass is 325 g/mol. The zero-order chi connectivity index (χ0) is 14.1. The number of hydrogen-bond donors (Lipinski definition) is 0. The number of halogens is 1. The van der Waals surface area contributed by atoms with Crippen molar-refractivity contribution in [1.29, 1.82) is 5.26 Å². The third-order valence-electron chi connectivity index (χ3n) is 3.28. The van der Waals surface area contributed by atoms with Gasteiger partial charge in [0.05, 0.1) is 22.7 Å². The predicted octanol–water partition coefficient (Wildman–Crippen LogP) is 4.36. The van der Waals surface area contributed by atoms with E-state index < -0.39 is 0 Å². The maximum absolute atomic E-state index is 8.99.